The molecule has 1 aliphatic rings. The molecule has 4 aromatic carbocycles. The number of aliphatic imine (C=N–C) groups is 1. The fourth-order valence-electron chi connectivity index (χ4n) is 3.88. The van der Waals surface area contributed by atoms with Gasteiger partial charge in [0.25, 0.3) is 15.9 Å². The molecule has 0 unspecified atom stereocenters. The Hall–Kier alpha value is -4.18. The predicted molar refractivity (Wildman–Crippen MR) is 160 cm³/mol. The highest BCUT2D eigenvalue weighted by Gasteiger charge is 2.24. The maximum absolute atomic E-state index is 12.5. The van der Waals surface area contributed by atoms with Gasteiger partial charge in [-0.2, -0.15) is 0 Å². The number of carbonyl (C=O) groups is 2. The van der Waals surface area contributed by atoms with Crippen molar-refractivity contribution in [3.63, 3.8) is 0 Å². The molecule has 2 N–H and O–H groups in total. The van der Waals surface area contributed by atoms with Crippen molar-refractivity contribution < 1.29 is 18.0 Å². The molecule has 0 radical (unpaired) electrons. The van der Waals surface area contributed by atoms with E-state index in [2.05, 4.69) is 15.0 Å². The van der Waals surface area contributed by atoms with E-state index in [1.165, 1.54) is 36.0 Å². The molecular weight excluding hydrogens is 566 g/mol. The Morgan fingerprint density at radius 2 is 1.52 bits per heavy atom. The molecule has 1 aliphatic heterocycles. The van der Waals surface area contributed by atoms with Crippen LogP contribution in [0.5, 0.6) is 0 Å². The smallest absolute Gasteiger partial charge is 0.264 e. The van der Waals surface area contributed by atoms with E-state index in [0.29, 0.717) is 26.3 Å². The normalized spacial score (nSPS) is 15.3. The summed E-state index contributed by atoms with van der Waals surface area (Å²) in [6, 6.07) is 30.3. The molecule has 0 spiro atoms. The Morgan fingerprint density at radius 1 is 0.875 bits per heavy atom. The summed E-state index contributed by atoms with van der Waals surface area (Å²) < 4.78 is 26.9. The highest BCUT2D eigenvalue weighted by Crippen LogP contribution is 2.29. The average molecular weight is 588 g/mol. The van der Waals surface area contributed by atoms with Crippen LogP contribution in [-0.4, -0.2) is 25.4 Å². The summed E-state index contributed by atoms with van der Waals surface area (Å²) in [6.45, 7) is 0. The first-order valence-electron chi connectivity index (χ1n) is 12.1. The number of nitrogens with one attached hydrogen (secondary N) is 2. The summed E-state index contributed by atoms with van der Waals surface area (Å²) >= 11 is 7.03. The maximum atomic E-state index is 12.5. The lowest BCUT2D eigenvalue weighted by molar-refractivity contribution is -0.118. The van der Waals surface area contributed by atoms with E-state index in [0.717, 1.165) is 16.7 Å². The van der Waals surface area contributed by atoms with E-state index in [4.69, 9.17) is 11.6 Å². The number of halogens is 1. The Bertz CT molecular complexity index is 1720. The Balaban J connectivity index is 1.20. The van der Waals surface area contributed by atoms with Crippen LogP contribution in [-0.2, 0) is 26.0 Å². The van der Waals surface area contributed by atoms with Crippen molar-refractivity contribution in [2.45, 2.75) is 11.3 Å². The van der Waals surface area contributed by atoms with Crippen molar-refractivity contribution in [1.82, 2.24) is 10.0 Å². The van der Waals surface area contributed by atoms with Crippen molar-refractivity contribution in [3.05, 3.63) is 124 Å². The number of carbonyl (C=O) groups excluding carboxylic acids is 2. The van der Waals surface area contributed by atoms with Crippen molar-refractivity contribution in [1.29, 1.82) is 0 Å². The van der Waals surface area contributed by atoms with Gasteiger partial charge in [0, 0.05) is 5.02 Å². The van der Waals surface area contributed by atoms with Crippen LogP contribution in [0.3, 0.4) is 0 Å². The van der Waals surface area contributed by atoms with E-state index < -0.39 is 15.9 Å². The average Bonchev–Trinajstić information content (AvgIpc) is 3.28. The summed E-state index contributed by atoms with van der Waals surface area (Å²) in [7, 11) is -4.00. The topological polar surface area (TPSA) is 105 Å². The van der Waals surface area contributed by atoms with Gasteiger partial charge < -0.3 is 5.32 Å². The molecule has 0 aromatic heterocycles. The number of hydrogen-bond acceptors (Lipinski definition) is 6. The standard InChI is InChI=1S/C30H22ClN3O4S2/c31-24-12-16-26(17-13-24)40(37,38)34-28(35)19-21-8-14-25(15-9-21)32-30-33-29(36)27(39-30)18-20-6-10-23(11-7-20)22-4-2-1-3-5-22/h1-18H,19H2,(H,34,35)(H,32,33,36)/b27-18+. The molecule has 0 atom stereocenters. The van der Waals surface area contributed by atoms with Crippen LogP contribution in [0.15, 0.2) is 118 Å². The lowest BCUT2D eigenvalue weighted by Gasteiger charge is -2.07. The molecule has 1 fully saturated rings. The number of benzene rings is 4. The zero-order valence-electron chi connectivity index (χ0n) is 20.9. The summed E-state index contributed by atoms with van der Waals surface area (Å²) in [5.41, 5.74) is 4.31. The van der Waals surface area contributed by atoms with Gasteiger partial charge in [-0.15, -0.1) is 0 Å². The molecule has 200 valence electrons. The van der Waals surface area contributed by atoms with E-state index in [1.54, 1.807) is 24.3 Å². The number of rotatable bonds is 7. The summed E-state index contributed by atoms with van der Waals surface area (Å²) in [5.74, 6) is -0.898. The second-order valence-corrected chi connectivity index (χ2v) is 11.9. The fourth-order valence-corrected chi connectivity index (χ4v) is 5.84. The van der Waals surface area contributed by atoms with Gasteiger partial charge >= 0.3 is 0 Å². The Labute approximate surface area is 241 Å². The number of amidine groups is 1. The molecular formula is C30H22ClN3O4S2. The number of amides is 2. The molecule has 2 amide bonds. The third-order valence-electron chi connectivity index (χ3n) is 5.87. The van der Waals surface area contributed by atoms with Crippen LogP contribution in [0.4, 0.5) is 5.69 Å². The second kappa shape index (κ2) is 11.9. The molecule has 7 nitrogen and oxygen atoms in total. The molecule has 1 saturated heterocycles. The third-order valence-corrected chi connectivity index (χ3v) is 8.42. The van der Waals surface area contributed by atoms with Crippen LogP contribution >= 0.6 is 23.4 Å². The second-order valence-electron chi connectivity index (χ2n) is 8.80. The van der Waals surface area contributed by atoms with Crippen molar-refractivity contribution in [3.8, 4) is 11.1 Å². The number of sulfonamides is 1. The summed E-state index contributed by atoms with van der Waals surface area (Å²) in [6.07, 6.45) is 1.68. The molecule has 5 rings (SSSR count). The highest BCUT2D eigenvalue weighted by molar-refractivity contribution is 8.18. The maximum Gasteiger partial charge on any atom is 0.264 e. The molecule has 1 heterocycles. The first kappa shape index (κ1) is 27.4. The van der Waals surface area contributed by atoms with Gasteiger partial charge in [0.1, 0.15) is 0 Å². The van der Waals surface area contributed by atoms with Crippen LogP contribution < -0.4 is 10.0 Å². The summed E-state index contributed by atoms with van der Waals surface area (Å²) in [4.78, 5) is 29.8. The van der Waals surface area contributed by atoms with Crippen molar-refractivity contribution >= 4 is 62.1 Å². The minimum Gasteiger partial charge on any atom is -0.300 e. The first-order valence-corrected chi connectivity index (χ1v) is 14.8. The Morgan fingerprint density at radius 3 is 2.20 bits per heavy atom. The minimum absolute atomic E-state index is 0.0508. The SMILES string of the molecule is O=C(Cc1ccc(N=C2NC(=O)/C(=C\c3ccc(-c4ccccc4)cc3)S2)cc1)NS(=O)(=O)c1ccc(Cl)cc1. The highest BCUT2D eigenvalue weighted by atomic mass is 35.5. The lowest BCUT2D eigenvalue weighted by Crippen LogP contribution is -2.31. The van der Waals surface area contributed by atoms with Gasteiger partial charge in [0.15, 0.2) is 5.17 Å². The fraction of sp³-hybridized carbons (Fsp3) is 0.0333. The zero-order chi connectivity index (χ0) is 28.1. The van der Waals surface area contributed by atoms with Crippen LogP contribution in [0.25, 0.3) is 17.2 Å². The number of hydrogen-bond donors (Lipinski definition) is 2. The molecule has 4 aromatic rings. The quantitative estimate of drug-likeness (QED) is 0.260. The first-order chi connectivity index (χ1) is 19.2. The molecule has 10 heteroatoms. The predicted octanol–water partition coefficient (Wildman–Crippen LogP) is 5.95. The van der Waals surface area contributed by atoms with E-state index in [-0.39, 0.29) is 17.2 Å². The van der Waals surface area contributed by atoms with E-state index in [1.807, 2.05) is 60.7 Å². The van der Waals surface area contributed by atoms with E-state index in [9.17, 15) is 18.0 Å². The third kappa shape index (κ3) is 6.87. The minimum atomic E-state index is -4.00. The number of nitrogens with zero attached hydrogens (tertiary/aromatic N) is 1. The van der Waals surface area contributed by atoms with Gasteiger partial charge in [0.2, 0.25) is 5.91 Å². The van der Waals surface area contributed by atoms with Gasteiger partial charge in [-0.05, 0) is 76.5 Å². The monoisotopic (exact) mass is 587 g/mol. The van der Waals surface area contributed by atoms with Gasteiger partial charge in [-0.25, -0.2) is 18.1 Å². The zero-order valence-corrected chi connectivity index (χ0v) is 23.3. The van der Waals surface area contributed by atoms with Crippen LogP contribution in [0.2, 0.25) is 5.02 Å². The van der Waals surface area contributed by atoms with Crippen molar-refractivity contribution in [2.24, 2.45) is 4.99 Å². The lowest BCUT2D eigenvalue weighted by atomic mass is 10.0. The summed E-state index contributed by atoms with van der Waals surface area (Å²) in [5, 5.41) is 3.60. The van der Waals surface area contributed by atoms with Gasteiger partial charge in [0.05, 0.1) is 21.9 Å². The largest absolute Gasteiger partial charge is 0.300 e. The molecule has 40 heavy (non-hydrogen) atoms. The number of thioether (sulfide) groups is 1. The molecule has 0 bridgehead atoms. The van der Waals surface area contributed by atoms with Gasteiger partial charge in [-0.3, -0.25) is 9.59 Å². The van der Waals surface area contributed by atoms with Crippen LogP contribution in [0, 0.1) is 0 Å². The van der Waals surface area contributed by atoms with E-state index >= 15 is 0 Å². The Kier molecular flexibility index (Phi) is 8.16. The van der Waals surface area contributed by atoms with Crippen LogP contribution in [0.1, 0.15) is 11.1 Å². The van der Waals surface area contributed by atoms with Gasteiger partial charge in [-0.1, -0.05) is 78.3 Å². The van der Waals surface area contributed by atoms with Crippen molar-refractivity contribution in [2.75, 3.05) is 0 Å². The molecule has 0 saturated carbocycles. The molecule has 0 aliphatic carbocycles.